The lowest BCUT2D eigenvalue weighted by Crippen LogP contribution is -2.68. The fourth-order valence-electron chi connectivity index (χ4n) is 4.63. The van der Waals surface area contributed by atoms with E-state index >= 15 is 0 Å². The monoisotopic (exact) mass is 671 g/mol. The van der Waals surface area contributed by atoms with Crippen LogP contribution in [0.2, 0.25) is 0 Å². The number of halogens is 2. The summed E-state index contributed by atoms with van der Waals surface area (Å²) >= 11 is 1.29. The van der Waals surface area contributed by atoms with Crippen LogP contribution in [0.3, 0.4) is 0 Å². The number of thioether (sulfide) groups is 1. The van der Waals surface area contributed by atoms with E-state index in [1.54, 1.807) is 0 Å². The molecule has 6 atom stereocenters. The first-order valence-corrected chi connectivity index (χ1v) is 14.9. The number of carboxylic acids is 1. The molecule has 0 bridgehead atoms. The van der Waals surface area contributed by atoms with Crippen LogP contribution in [-0.4, -0.2) is 110 Å². The summed E-state index contributed by atoms with van der Waals surface area (Å²) in [4.78, 5) is 28.7. The second-order valence-corrected chi connectivity index (χ2v) is 12.6. The number of carbonyl (C=O) groups is 2. The summed E-state index contributed by atoms with van der Waals surface area (Å²) in [5.41, 5.74) is -0.349. The van der Waals surface area contributed by atoms with Crippen LogP contribution in [0.15, 0.2) is 29.6 Å². The zero-order valence-electron chi connectivity index (χ0n) is 25.2. The fourth-order valence-corrected chi connectivity index (χ4v) is 5.30. The minimum Gasteiger partial charge on any atom is -0.476 e. The van der Waals surface area contributed by atoms with E-state index in [9.17, 15) is 43.9 Å². The molecule has 1 fully saturated rings. The number of hydrogen-bond acceptors (Lipinski definition) is 13. The predicted octanol–water partition coefficient (Wildman–Crippen LogP) is 0.441. The Labute approximate surface area is 265 Å². The molecule has 19 heteroatoms. The van der Waals surface area contributed by atoms with Gasteiger partial charge in [-0.3, -0.25) is 9.89 Å². The van der Waals surface area contributed by atoms with E-state index in [1.165, 1.54) is 28.7 Å². The number of aliphatic carboxylic acids is 1. The lowest BCUT2D eigenvalue weighted by atomic mass is 9.88. The number of ether oxygens (including phenoxy) is 2. The Morgan fingerprint density at radius 1 is 1.30 bits per heavy atom. The molecule has 3 aromatic rings. The Bertz CT molecular complexity index is 1530. The smallest absolute Gasteiger partial charge is 0.377 e. The molecule has 0 unspecified atom stereocenters. The van der Waals surface area contributed by atoms with Crippen molar-refractivity contribution in [1.82, 2.24) is 35.5 Å². The third-order valence-corrected chi connectivity index (χ3v) is 7.90. The fraction of sp³-hybridized carbons (Fsp3) is 0.556. The standard InChI is InChI=1S/C27H35F2N7O9S/c1-12(38)30-19-16(39)8-27(24(42)43,45-21(19)20(41)17(40)10-37)44-18-6-5-14(7-15(18)22(28)29)36-9-13(32-35-36)11-46-25-31-23(33-34-25)26(2,3)4/h5-7,9,16-17,19-22,37,39-41H,8,10-11H2,1-4H3,(H,30,38)(H,42,43)(H,31,33,34)/t16-,17+,19+,20+,21+,27+/m0/s1. The number of rotatable bonds is 12. The van der Waals surface area contributed by atoms with Crippen molar-refractivity contribution in [3.8, 4) is 11.4 Å². The molecular formula is C27H35F2N7O9S. The van der Waals surface area contributed by atoms with Gasteiger partial charge in [-0.2, -0.15) is 0 Å². The number of hydrogen-bond donors (Lipinski definition) is 7. The maximum absolute atomic E-state index is 14.3. The van der Waals surface area contributed by atoms with Crippen LogP contribution in [0.5, 0.6) is 5.75 Å². The molecule has 0 saturated carbocycles. The summed E-state index contributed by atoms with van der Waals surface area (Å²) in [7, 11) is 0. The Morgan fingerprint density at radius 2 is 2.02 bits per heavy atom. The highest BCUT2D eigenvalue weighted by atomic mass is 32.2. The summed E-state index contributed by atoms with van der Waals surface area (Å²) in [5.74, 6) is -5.00. The Kier molecular flexibility index (Phi) is 10.6. The summed E-state index contributed by atoms with van der Waals surface area (Å²) in [5, 5.41) is 68.7. The molecule has 1 aliphatic rings. The molecule has 4 rings (SSSR count). The molecule has 7 N–H and O–H groups in total. The minimum atomic E-state index is -3.18. The number of benzene rings is 1. The number of aliphatic hydroxyl groups is 4. The number of aromatic nitrogens is 6. The molecule has 252 valence electrons. The van der Waals surface area contributed by atoms with Crippen LogP contribution in [0.25, 0.3) is 5.69 Å². The molecule has 46 heavy (non-hydrogen) atoms. The topological polar surface area (TPSA) is 238 Å². The molecule has 2 aromatic heterocycles. The van der Waals surface area contributed by atoms with E-state index in [0.29, 0.717) is 22.4 Å². The van der Waals surface area contributed by atoms with E-state index in [1.807, 2.05) is 20.8 Å². The number of nitrogens with zero attached hydrogens (tertiary/aromatic N) is 5. The van der Waals surface area contributed by atoms with Gasteiger partial charge in [-0.05, 0) is 18.2 Å². The predicted molar refractivity (Wildman–Crippen MR) is 154 cm³/mol. The lowest BCUT2D eigenvalue weighted by Gasteiger charge is -2.46. The number of alkyl halides is 2. The third-order valence-electron chi connectivity index (χ3n) is 7.02. The number of carbonyl (C=O) groups excluding carboxylic acids is 1. The van der Waals surface area contributed by atoms with Gasteiger partial charge in [0.15, 0.2) is 0 Å². The van der Waals surface area contributed by atoms with E-state index in [2.05, 4.69) is 30.8 Å². The van der Waals surface area contributed by atoms with Crippen LogP contribution in [0.4, 0.5) is 8.78 Å². The quantitative estimate of drug-likeness (QED) is 0.129. The first kappa shape index (κ1) is 35.1. The average molecular weight is 672 g/mol. The SMILES string of the molecule is CC(=O)N[C@H]1[C@H]([C@H](O)[C@H](O)CO)O[C@@](Oc2ccc(-n3cc(CSc4n[nH]c(C(C)(C)C)n4)nn3)cc2C(F)F)(C(=O)O)C[C@@H]1O. The van der Waals surface area contributed by atoms with Gasteiger partial charge in [-0.15, -0.1) is 10.2 Å². The van der Waals surface area contributed by atoms with Crippen LogP contribution >= 0.6 is 11.8 Å². The molecular weight excluding hydrogens is 636 g/mol. The molecule has 0 aliphatic carbocycles. The van der Waals surface area contributed by atoms with Gasteiger partial charge in [0.1, 0.15) is 29.9 Å². The van der Waals surface area contributed by atoms with Gasteiger partial charge in [0.05, 0.1) is 48.3 Å². The number of nitrogens with one attached hydrogen (secondary N) is 2. The highest BCUT2D eigenvalue weighted by Crippen LogP contribution is 2.39. The molecule has 3 heterocycles. The number of H-pyrrole nitrogens is 1. The molecule has 16 nitrogen and oxygen atoms in total. The average Bonchev–Trinajstić information content (AvgIpc) is 3.66. The van der Waals surface area contributed by atoms with Crippen molar-refractivity contribution in [2.75, 3.05) is 6.61 Å². The summed E-state index contributed by atoms with van der Waals surface area (Å²) in [6.07, 6.45) is -10.0. The van der Waals surface area contributed by atoms with Gasteiger partial charge >= 0.3 is 11.8 Å². The van der Waals surface area contributed by atoms with Gasteiger partial charge in [-0.25, -0.2) is 23.2 Å². The third kappa shape index (κ3) is 7.78. The first-order chi connectivity index (χ1) is 21.5. The maximum Gasteiger partial charge on any atom is 0.377 e. The largest absolute Gasteiger partial charge is 0.476 e. The number of aromatic amines is 1. The first-order valence-electron chi connectivity index (χ1n) is 14.0. The van der Waals surface area contributed by atoms with E-state index in [-0.39, 0.29) is 11.1 Å². The molecule has 1 aliphatic heterocycles. The lowest BCUT2D eigenvalue weighted by molar-refractivity contribution is -0.284. The van der Waals surface area contributed by atoms with Crippen molar-refractivity contribution in [3.63, 3.8) is 0 Å². The van der Waals surface area contributed by atoms with Crippen molar-refractivity contribution in [2.24, 2.45) is 0 Å². The van der Waals surface area contributed by atoms with Gasteiger partial charge < -0.3 is 40.3 Å². The van der Waals surface area contributed by atoms with E-state index in [0.717, 1.165) is 19.1 Å². The number of aliphatic hydroxyl groups excluding tert-OH is 4. The Morgan fingerprint density at radius 3 is 2.61 bits per heavy atom. The molecule has 1 aromatic carbocycles. The Balaban J connectivity index is 1.58. The van der Waals surface area contributed by atoms with Crippen molar-refractivity contribution < 1.29 is 53.4 Å². The van der Waals surface area contributed by atoms with Crippen molar-refractivity contribution in [2.45, 2.75) is 93.1 Å². The minimum absolute atomic E-state index is 0.137. The summed E-state index contributed by atoms with van der Waals surface area (Å²) in [6, 6.07) is 1.93. The zero-order valence-corrected chi connectivity index (χ0v) is 26.0. The number of amides is 1. The number of carboxylic acid groups (broad SMARTS) is 1. The van der Waals surface area contributed by atoms with Crippen molar-refractivity contribution >= 4 is 23.6 Å². The second kappa shape index (κ2) is 13.9. The van der Waals surface area contributed by atoms with Crippen LogP contribution < -0.4 is 10.1 Å². The van der Waals surface area contributed by atoms with Gasteiger partial charge in [0.2, 0.25) is 11.1 Å². The van der Waals surface area contributed by atoms with E-state index in [4.69, 9.17) is 9.47 Å². The molecule has 0 radical (unpaired) electrons. The van der Waals surface area contributed by atoms with Gasteiger partial charge in [0.25, 0.3) is 6.43 Å². The molecule has 1 amide bonds. The second-order valence-electron chi connectivity index (χ2n) is 11.7. The van der Waals surface area contributed by atoms with Gasteiger partial charge in [0, 0.05) is 18.1 Å². The molecule has 1 saturated heterocycles. The summed E-state index contributed by atoms with van der Waals surface area (Å²) < 4.78 is 40.9. The van der Waals surface area contributed by atoms with Crippen LogP contribution in [-0.2, 0) is 25.5 Å². The van der Waals surface area contributed by atoms with Crippen molar-refractivity contribution in [3.05, 3.63) is 41.5 Å². The van der Waals surface area contributed by atoms with Crippen molar-refractivity contribution in [1.29, 1.82) is 0 Å². The highest BCUT2D eigenvalue weighted by Gasteiger charge is 2.57. The highest BCUT2D eigenvalue weighted by molar-refractivity contribution is 7.98. The maximum atomic E-state index is 14.3. The van der Waals surface area contributed by atoms with Gasteiger partial charge in [-0.1, -0.05) is 37.7 Å². The summed E-state index contributed by atoms with van der Waals surface area (Å²) in [6.45, 7) is 6.06. The normalized spacial score (nSPS) is 23.2. The van der Waals surface area contributed by atoms with Crippen LogP contribution in [0.1, 0.15) is 57.6 Å². The zero-order chi connectivity index (χ0) is 34.0. The van der Waals surface area contributed by atoms with Crippen LogP contribution in [0, 0.1) is 0 Å². The van der Waals surface area contributed by atoms with E-state index < -0.39 is 78.9 Å². The Hall–Kier alpha value is -3.75. The molecule has 0 spiro atoms.